The van der Waals surface area contributed by atoms with Crippen molar-refractivity contribution in [3.8, 4) is 0 Å². The van der Waals surface area contributed by atoms with Gasteiger partial charge in [0.2, 0.25) is 0 Å². The van der Waals surface area contributed by atoms with Gasteiger partial charge in [-0.05, 0) is 51.8 Å². The molecule has 0 aliphatic rings. The van der Waals surface area contributed by atoms with Gasteiger partial charge < -0.3 is 0 Å². The van der Waals surface area contributed by atoms with Crippen molar-refractivity contribution in [2.75, 3.05) is 0 Å². The largest absolute Gasteiger partial charge is 0.271 e. The van der Waals surface area contributed by atoms with Crippen LogP contribution in [0.15, 0.2) is 45.3 Å². The van der Waals surface area contributed by atoms with Crippen molar-refractivity contribution in [1.29, 1.82) is 0 Å². The fraction of sp³-hybridized carbons (Fsp3) is 0.0769. The maximum Gasteiger partial charge on any atom is 0.137 e. The molecule has 0 aliphatic carbocycles. The molecule has 0 saturated carbocycles. The lowest BCUT2D eigenvalue weighted by atomic mass is 9.99. The van der Waals surface area contributed by atoms with E-state index in [-0.39, 0.29) is 0 Å². The highest BCUT2D eigenvalue weighted by molar-refractivity contribution is 9.10. The minimum atomic E-state index is -0.625. The summed E-state index contributed by atoms with van der Waals surface area (Å²) < 4.78 is 28.5. The zero-order valence-corrected chi connectivity index (χ0v) is 12.8. The summed E-state index contributed by atoms with van der Waals surface area (Å²) in [6.45, 7) is 0. The first kappa shape index (κ1) is 14.6. The Morgan fingerprint density at radius 2 is 1.74 bits per heavy atom. The molecule has 2 rings (SSSR count). The quantitative estimate of drug-likeness (QED) is 0.612. The SMILES string of the molecule is NNC(c1ccc(Br)c(F)c1)c1cc(Br)ccc1F. The van der Waals surface area contributed by atoms with Crippen molar-refractivity contribution >= 4 is 31.9 Å². The summed E-state index contributed by atoms with van der Waals surface area (Å²) >= 11 is 6.35. The zero-order chi connectivity index (χ0) is 14.0. The van der Waals surface area contributed by atoms with Crippen LogP contribution in [0, 0.1) is 11.6 Å². The lowest BCUT2D eigenvalue weighted by Gasteiger charge is -2.18. The molecule has 0 saturated heterocycles. The molecule has 1 unspecified atom stereocenters. The van der Waals surface area contributed by atoms with Crippen molar-refractivity contribution in [3.63, 3.8) is 0 Å². The third-order valence-corrected chi connectivity index (χ3v) is 3.85. The van der Waals surface area contributed by atoms with E-state index in [0.29, 0.717) is 15.6 Å². The first-order valence-electron chi connectivity index (χ1n) is 5.39. The van der Waals surface area contributed by atoms with Crippen LogP contribution < -0.4 is 11.3 Å². The van der Waals surface area contributed by atoms with Crippen LogP contribution in [0.1, 0.15) is 17.2 Å². The van der Waals surface area contributed by atoms with Gasteiger partial charge in [0, 0.05) is 10.0 Å². The summed E-state index contributed by atoms with van der Waals surface area (Å²) in [7, 11) is 0. The van der Waals surface area contributed by atoms with Crippen molar-refractivity contribution in [2.45, 2.75) is 6.04 Å². The predicted octanol–water partition coefficient (Wildman–Crippen LogP) is 4.04. The highest BCUT2D eigenvalue weighted by Gasteiger charge is 2.18. The van der Waals surface area contributed by atoms with Crippen LogP contribution in [0.4, 0.5) is 8.78 Å². The number of nitrogens with one attached hydrogen (secondary N) is 1. The number of benzene rings is 2. The summed E-state index contributed by atoms with van der Waals surface area (Å²) in [4.78, 5) is 0. The van der Waals surface area contributed by atoms with Crippen molar-refractivity contribution in [3.05, 3.63) is 68.1 Å². The number of halogens is 4. The molecule has 6 heteroatoms. The van der Waals surface area contributed by atoms with Crippen LogP contribution in [0.3, 0.4) is 0 Å². The Balaban J connectivity index is 2.49. The van der Waals surface area contributed by atoms with Crippen molar-refractivity contribution < 1.29 is 8.78 Å². The Labute approximate surface area is 126 Å². The molecule has 2 aromatic rings. The highest BCUT2D eigenvalue weighted by Crippen LogP contribution is 2.28. The highest BCUT2D eigenvalue weighted by atomic mass is 79.9. The van der Waals surface area contributed by atoms with Crippen LogP contribution in [0.25, 0.3) is 0 Å². The summed E-state index contributed by atoms with van der Waals surface area (Å²) in [5.74, 6) is 4.65. The second kappa shape index (κ2) is 6.09. The van der Waals surface area contributed by atoms with Crippen molar-refractivity contribution in [1.82, 2.24) is 5.43 Å². The van der Waals surface area contributed by atoms with E-state index in [4.69, 9.17) is 5.84 Å². The molecule has 19 heavy (non-hydrogen) atoms. The fourth-order valence-corrected chi connectivity index (χ4v) is 2.42. The first-order chi connectivity index (χ1) is 9.02. The molecule has 0 aliphatic heterocycles. The van der Waals surface area contributed by atoms with Gasteiger partial charge >= 0.3 is 0 Å². The zero-order valence-electron chi connectivity index (χ0n) is 9.63. The van der Waals surface area contributed by atoms with Crippen LogP contribution in [0.5, 0.6) is 0 Å². The third-order valence-electron chi connectivity index (χ3n) is 2.71. The Morgan fingerprint density at radius 3 is 2.37 bits per heavy atom. The van der Waals surface area contributed by atoms with Crippen LogP contribution in [-0.4, -0.2) is 0 Å². The third kappa shape index (κ3) is 3.20. The Hall–Kier alpha value is -0.820. The number of hydrazine groups is 1. The van der Waals surface area contributed by atoms with Gasteiger partial charge in [-0.25, -0.2) is 14.2 Å². The normalized spacial score (nSPS) is 12.5. The van der Waals surface area contributed by atoms with E-state index in [9.17, 15) is 8.78 Å². The van der Waals surface area contributed by atoms with Crippen molar-refractivity contribution in [2.24, 2.45) is 5.84 Å². The van der Waals surface area contributed by atoms with Gasteiger partial charge in [0.25, 0.3) is 0 Å². The van der Waals surface area contributed by atoms with E-state index in [0.717, 1.165) is 4.47 Å². The van der Waals surface area contributed by atoms with Gasteiger partial charge in [-0.3, -0.25) is 5.84 Å². The molecule has 2 nitrogen and oxygen atoms in total. The van der Waals surface area contributed by atoms with Gasteiger partial charge in [-0.1, -0.05) is 22.0 Å². The summed E-state index contributed by atoms with van der Waals surface area (Å²) in [5.41, 5.74) is 3.39. The topological polar surface area (TPSA) is 38.0 Å². The molecular weight excluding hydrogens is 382 g/mol. The molecular formula is C13H10Br2F2N2. The van der Waals surface area contributed by atoms with E-state index in [1.54, 1.807) is 24.3 Å². The van der Waals surface area contributed by atoms with E-state index < -0.39 is 17.7 Å². The second-order valence-corrected chi connectivity index (χ2v) is 5.71. The minimum Gasteiger partial charge on any atom is -0.271 e. The molecule has 0 radical (unpaired) electrons. The Morgan fingerprint density at radius 1 is 1.00 bits per heavy atom. The van der Waals surface area contributed by atoms with E-state index in [2.05, 4.69) is 37.3 Å². The number of hydrogen-bond acceptors (Lipinski definition) is 2. The van der Waals surface area contributed by atoms with Gasteiger partial charge in [0.1, 0.15) is 11.6 Å². The molecule has 0 bridgehead atoms. The summed E-state index contributed by atoms with van der Waals surface area (Å²) in [6, 6.07) is 8.46. The molecule has 0 aromatic heterocycles. The summed E-state index contributed by atoms with van der Waals surface area (Å²) in [5, 5.41) is 0. The molecule has 0 heterocycles. The number of nitrogens with two attached hydrogens (primary N) is 1. The maximum absolute atomic E-state index is 13.9. The lowest BCUT2D eigenvalue weighted by Crippen LogP contribution is -2.29. The van der Waals surface area contributed by atoms with E-state index in [1.807, 2.05) is 0 Å². The Kier molecular flexibility index (Phi) is 4.67. The average Bonchev–Trinajstić information content (AvgIpc) is 2.38. The smallest absolute Gasteiger partial charge is 0.137 e. The molecule has 2 aromatic carbocycles. The molecule has 3 N–H and O–H groups in total. The van der Waals surface area contributed by atoms with Crippen LogP contribution >= 0.6 is 31.9 Å². The number of hydrogen-bond donors (Lipinski definition) is 2. The van der Waals surface area contributed by atoms with E-state index >= 15 is 0 Å². The molecule has 1 atom stereocenters. The van der Waals surface area contributed by atoms with Crippen LogP contribution in [-0.2, 0) is 0 Å². The average molecular weight is 392 g/mol. The fourth-order valence-electron chi connectivity index (χ4n) is 1.79. The standard InChI is InChI=1S/C13H10Br2F2N2/c14-8-2-4-11(16)9(6-8)13(19-18)7-1-3-10(15)12(17)5-7/h1-6,13,19H,18H2. The lowest BCUT2D eigenvalue weighted by molar-refractivity contribution is 0.554. The maximum atomic E-state index is 13.9. The number of rotatable bonds is 3. The molecule has 0 amide bonds. The van der Waals surface area contributed by atoms with Crippen LogP contribution in [0.2, 0.25) is 0 Å². The molecule has 100 valence electrons. The van der Waals surface area contributed by atoms with Gasteiger partial charge in [0.15, 0.2) is 0 Å². The van der Waals surface area contributed by atoms with E-state index in [1.165, 1.54) is 12.1 Å². The summed E-state index contributed by atoms with van der Waals surface area (Å²) in [6.07, 6.45) is 0. The molecule has 0 spiro atoms. The minimum absolute atomic E-state index is 0.346. The second-order valence-electron chi connectivity index (χ2n) is 3.94. The first-order valence-corrected chi connectivity index (χ1v) is 6.97. The molecule has 0 fully saturated rings. The predicted molar refractivity (Wildman–Crippen MR) is 77.4 cm³/mol. The van der Waals surface area contributed by atoms with Gasteiger partial charge in [-0.2, -0.15) is 0 Å². The van der Waals surface area contributed by atoms with Gasteiger partial charge in [0.05, 0.1) is 10.5 Å². The van der Waals surface area contributed by atoms with Gasteiger partial charge in [-0.15, -0.1) is 0 Å². The Bertz CT molecular complexity index is 605. The monoisotopic (exact) mass is 390 g/mol.